The van der Waals surface area contributed by atoms with Crippen molar-refractivity contribution >= 4 is 16.9 Å². The van der Waals surface area contributed by atoms with E-state index < -0.39 is 0 Å². The van der Waals surface area contributed by atoms with Gasteiger partial charge in [-0.1, -0.05) is 39.5 Å². The summed E-state index contributed by atoms with van der Waals surface area (Å²) in [6.45, 7) is 10.3. The summed E-state index contributed by atoms with van der Waals surface area (Å²) in [4.78, 5) is 4.51. The molecule has 0 amide bonds. The molecule has 1 N–H and O–H groups in total. The zero-order chi connectivity index (χ0) is 10.4. The third-order valence-corrected chi connectivity index (χ3v) is 5.10. The molecule has 2 nitrogen and oxygen atoms in total. The Morgan fingerprint density at radius 3 is 2.36 bits per heavy atom. The molecule has 0 spiro atoms. The van der Waals surface area contributed by atoms with Crippen LogP contribution in [-0.2, 0) is 0 Å². The van der Waals surface area contributed by atoms with Crippen LogP contribution in [0.2, 0.25) is 0 Å². The van der Waals surface area contributed by atoms with Gasteiger partial charge in [0.05, 0.1) is 0 Å². The topological polar surface area (TPSA) is 24.4 Å². The van der Waals surface area contributed by atoms with Gasteiger partial charge in [-0.05, 0) is 17.3 Å². The average Bonchev–Trinajstić information content (AvgIpc) is 2.50. The smallest absolute Gasteiger partial charge is 0.156 e. The first-order valence-electron chi connectivity index (χ1n) is 5.40. The average molecular weight is 212 g/mol. The van der Waals surface area contributed by atoms with Gasteiger partial charge in [-0.25, -0.2) is 0 Å². The lowest BCUT2D eigenvalue weighted by Gasteiger charge is -2.14. The lowest BCUT2D eigenvalue weighted by atomic mass is 10.0. The summed E-state index contributed by atoms with van der Waals surface area (Å²) in [7, 11) is 0. The Bertz CT molecular complexity index is 254. The molecular formula is C11H20N2S. The van der Waals surface area contributed by atoms with E-state index in [1.54, 1.807) is 0 Å². The largest absolute Gasteiger partial charge is 0.361 e. The molecule has 0 bridgehead atoms. The minimum atomic E-state index is 0.410. The van der Waals surface area contributed by atoms with Gasteiger partial charge in [0.25, 0.3) is 0 Å². The predicted molar refractivity (Wildman–Crippen MR) is 63.9 cm³/mol. The molecule has 14 heavy (non-hydrogen) atoms. The number of nitrogens with zero attached hydrogens (tertiary/aromatic N) is 1. The molecule has 0 radical (unpaired) electrons. The van der Waals surface area contributed by atoms with Crippen LogP contribution in [-0.4, -0.2) is 23.5 Å². The molecule has 0 saturated heterocycles. The van der Waals surface area contributed by atoms with Crippen molar-refractivity contribution in [3.63, 3.8) is 0 Å². The van der Waals surface area contributed by atoms with Gasteiger partial charge in [-0.15, -0.1) is 0 Å². The van der Waals surface area contributed by atoms with Gasteiger partial charge >= 0.3 is 0 Å². The first-order chi connectivity index (χ1) is 6.46. The van der Waals surface area contributed by atoms with Gasteiger partial charge < -0.3 is 5.32 Å². The third kappa shape index (κ3) is 1.46. The first kappa shape index (κ1) is 10.3. The fourth-order valence-electron chi connectivity index (χ4n) is 2.23. The third-order valence-electron chi connectivity index (χ3n) is 4.09. The molecule has 1 aliphatic carbocycles. The molecule has 0 atom stereocenters. The summed E-state index contributed by atoms with van der Waals surface area (Å²) in [6.07, 6.45) is 1.23. The molecule has 3 heteroatoms. The maximum absolute atomic E-state index is 4.51. The van der Waals surface area contributed by atoms with Crippen LogP contribution < -0.4 is 5.32 Å². The first-order valence-corrected chi connectivity index (χ1v) is 6.38. The molecule has 1 heterocycles. The zero-order valence-electron chi connectivity index (χ0n) is 9.55. The van der Waals surface area contributed by atoms with E-state index in [4.69, 9.17) is 0 Å². The molecule has 2 rings (SSSR count). The molecular weight excluding hydrogens is 192 g/mol. The molecule has 80 valence electrons. The molecule has 1 fully saturated rings. The van der Waals surface area contributed by atoms with Crippen molar-refractivity contribution in [3.05, 3.63) is 0 Å². The quantitative estimate of drug-likeness (QED) is 0.722. The molecule has 1 saturated carbocycles. The summed E-state index contributed by atoms with van der Waals surface area (Å²) in [5, 5.41) is 4.75. The Labute approximate surface area is 90.9 Å². The molecule has 1 aliphatic heterocycles. The van der Waals surface area contributed by atoms with Crippen LogP contribution in [0.25, 0.3) is 0 Å². The van der Waals surface area contributed by atoms with E-state index in [0.717, 1.165) is 6.54 Å². The lowest BCUT2D eigenvalue weighted by molar-refractivity contribution is 0.457. The van der Waals surface area contributed by atoms with E-state index in [-0.39, 0.29) is 0 Å². The van der Waals surface area contributed by atoms with Crippen LogP contribution in [0.15, 0.2) is 4.99 Å². The van der Waals surface area contributed by atoms with Crippen molar-refractivity contribution in [2.45, 2.75) is 40.2 Å². The lowest BCUT2D eigenvalue weighted by Crippen LogP contribution is -2.29. The van der Waals surface area contributed by atoms with Crippen molar-refractivity contribution < 1.29 is 0 Å². The van der Waals surface area contributed by atoms with E-state index in [1.807, 2.05) is 11.8 Å². The van der Waals surface area contributed by atoms with Crippen molar-refractivity contribution in [1.29, 1.82) is 0 Å². The Balaban J connectivity index is 1.97. The second-order valence-electron chi connectivity index (χ2n) is 5.41. The Kier molecular flexibility index (Phi) is 2.33. The van der Waals surface area contributed by atoms with Gasteiger partial charge in [-0.3, -0.25) is 4.99 Å². The monoisotopic (exact) mass is 212 g/mol. The minimum Gasteiger partial charge on any atom is -0.361 e. The van der Waals surface area contributed by atoms with Crippen LogP contribution in [0, 0.1) is 10.8 Å². The van der Waals surface area contributed by atoms with Crippen molar-refractivity contribution in [2.24, 2.45) is 15.8 Å². The second-order valence-corrected chi connectivity index (χ2v) is 6.49. The van der Waals surface area contributed by atoms with E-state index >= 15 is 0 Å². The summed E-state index contributed by atoms with van der Waals surface area (Å²) in [5.74, 6) is 1.22. The number of amidine groups is 1. The van der Waals surface area contributed by atoms with E-state index in [9.17, 15) is 0 Å². The Hall–Kier alpha value is -0.180. The normalized spacial score (nSPS) is 29.6. The van der Waals surface area contributed by atoms with Gasteiger partial charge in [0.15, 0.2) is 5.17 Å². The fourth-order valence-corrected chi connectivity index (χ4v) is 3.08. The van der Waals surface area contributed by atoms with Crippen molar-refractivity contribution in [2.75, 3.05) is 12.3 Å². The van der Waals surface area contributed by atoms with Gasteiger partial charge in [0, 0.05) is 18.3 Å². The number of aliphatic imine (C=N–C) groups is 1. The van der Waals surface area contributed by atoms with Crippen LogP contribution in [0.3, 0.4) is 0 Å². The van der Waals surface area contributed by atoms with E-state index in [0.29, 0.717) is 16.9 Å². The molecule has 0 aromatic heterocycles. The maximum atomic E-state index is 4.51. The van der Waals surface area contributed by atoms with Crippen molar-refractivity contribution in [1.82, 2.24) is 5.32 Å². The van der Waals surface area contributed by atoms with Crippen molar-refractivity contribution in [3.8, 4) is 0 Å². The van der Waals surface area contributed by atoms with Crippen LogP contribution >= 0.6 is 11.8 Å². The number of nitrogens with one attached hydrogen (secondary N) is 1. The summed E-state index contributed by atoms with van der Waals surface area (Å²) in [6, 6.07) is 0.597. The van der Waals surface area contributed by atoms with Gasteiger partial charge in [0.1, 0.15) is 0 Å². The maximum Gasteiger partial charge on any atom is 0.156 e. The second kappa shape index (κ2) is 3.16. The number of thioether (sulfide) groups is 1. The van der Waals surface area contributed by atoms with Crippen LogP contribution in [0.4, 0.5) is 0 Å². The summed E-state index contributed by atoms with van der Waals surface area (Å²) < 4.78 is 0. The van der Waals surface area contributed by atoms with E-state index in [1.165, 1.54) is 17.3 Å². The number of rotatable bonds is 1. The Morgan fingerprint density at radius 2 is 1.93 bits per heavy atom. The summed E-state index contributed by atoms with van der Waals surface area (Å²) in [5.41, 5.74) is 0.820. The van der Waals surface area contributed by atoms with Gasteiger partial charge in [-0.2, -0.15) is 0 Å². The van der Waals surface area contributed by atoms with Gasteiger partial charge in [0.2, 0.25) is 0 Å². The fraction of sp³-hybridized carbons (Fsp3) is 0.909. The predicted octanol–water partition coefficient (Wildman–Crippen LogP) is 2.50. The molecule has 0 aromatic carbocycles. The minimum absolute atomic E-state index is 0.410. The SMILES string of the molecule is CC1(C)C(NC2=NCCCS2)C1(C)C. The highest BCUT2D eigenvalue weighted by Crippen LogP contribution is 2.62. The summed E-state index contributed by atoms with van der Waals surface area (Å²) >= 11 is 1.87. The molecule has 0 aromatic rings. The number of hydrogen-bond donors (Lipinski definition) is 1. The van der Waals surface area contributed by atoms with Crippen LogP contribution in [0.1, 0.15) is 34.1 Å². The van der Waals surface area contributed by atoms with Crippen LogP contribution in [0.5, 0.6) is 0 Å². The number of hydrogen-bond acceptors (Lipinski definition) is 3. The molecule has 0 unspecified atom stereocenters. The highest BCUT2D eigenvalue weighted by Gasteiger charge is 2.65. The highest BCUT2D eigenvalue weighted by atomic mass is 32.2. The standard InChI is InChI=1S/C11H20N2S/c1-10(2)8(11(10,3)4)13-9-12-6-5-7-14-9/h8H,5-7H2,1-4H3,(H,12,13). The molecule has 2 aliphatic rings. The highest BCUT2D eigenvalue weighted by molar-refractivity contribution is 8.13. The zero-order valence-corrected chi connectivity index (χ0v) is 10.4. The Morgan fingerprint density at radius 1 is 1.29 bits per heavy atom. The van der Waals surface area contributed by atoms with E-state index in [2.05, 4.69) is 38.0 Å².